The first kappa shape index (κ1) is 20.4. The minimum atomic E-state index is -2.96. The Balaban J connectivity index is 2.08. The van der Waals surface area contributed by atoms with E-state index in [4.69, 9.17) is 15.2 Å². The number of halogens is 2. The van der Waals surface area contributed by atoms with Gasteiger partial charge in [0.05, 0.1) is 12.0 Å². The van der Waals surface area contributed by atoms with E-state index < -0.39 is 12.0 Å². The van der Waals surface area contributed by atoms with E-state index in [1.807, 2.05) is 6.92 Å². The van der Waals surface area contributed by atoms with E-state index in [2.05, 4.69) is 10.1 Å². The van der Waals surface area contributed by atoms with Crippen LogP contribution in [0.4, 0.5) is 8.78 Å². The third-order valence-corrected chi connectivity index (χ3v) is 4.49. The molecule has 1 saturated heterocycles. The molecule has 1 amide bonds. The molecule has 26 heavy (non-hydrogen) atoms. The van der Waals surface area contributed by atoms with E-state index in [0.29, 0.717) is 44.0 Å². The summed E-state index contributed by atoms with van der Waals surface area (Å²) in [6.07, 6.45) is 1.88. The molecule has 1 fully saturated rings. The van der Waals surface area contributed by atoms with Crippen LogP contribution in [0.15, 0.2) is 18.2 Å². The second kappa shape index (κ2) is 9.68. The number of carbonyl (C=O) groups is 1. The minimum absolute atomic E-state index is 0.0114. The van der Waals surface area contributed by atoms with Gasteiger partial charge in [0.25, 0.3) is 0 Å². The van der Waals surface area contributed by atoms with Gasteiger partial charge in [0.1, 0.15) is 11.5 Å². The molecule has 8 heteroatoms. The lowest BCUT2D eigenvalue weighted by Crippen LogP contribution is -2.49. The molecule has 0 saturated carbocycles. The Morgan fingerprint density at radius 3 is 2.73 bits per heavy atom. The predicted octanol–water partition coefficient (Wildman–Crippen LogP) is 2.45. The highest BCUT2D eigenvalue weighted by molar-refractivity contribution is 5.83. The molecule has 6 nitrogen and oxygen atoms in total. The van der Waals surface area contributed by atoms with E-state index in [1.165, 1.54) is 6.07 Å². The van der Waals surface area contributed by atoms with Gasteiger partial charge in [0.15, 0.2) is 0 Å². The molecule has 1 aliphatic rings. The fourth-order valence-corrected chi connectivity index (χ4v) is 2.85. The van der Waals surface area contributed by atoms with Crippen LogP contribution in [0, 0.1) is 5.41 Å². The van der Waals surface area contributed by atoms with Crippen molar-refractivity contribution < 1.29 is 27.8 Å². The Bertz CT molecular complexity index is 593. The number of nitrogens with one attached hydrogen (secondary N) is 1. The maximum Gasteiger partial charge on any atom is 0.387 e. The van der Waals surface area contributed by atoms with Gasteiger partial charge in [-0.05, 0) is 31.4 Å². The molecule has 0 aliphatic carbocycles. The molecule has 3 N–H and O–H groups in total. The summed E-state index contributed by atoms with van der Waals surface area (Å²) in [5.74, 6) is 0.237. The number of rotatable bonds is 9. The van der Waals surface area contributed by atoms with Crippen LogP contribution in [0.25, 0.3) is 0 Å². The summed E-state index contributed by atoms with van der Waals surface area (Å²) in [5.41, 5.74) is 5.59. The van der Waals surface area contributed by atoms with Gasteiger partial charge in [-0.15, -0.1) is 0 Å². The number of amides is 1. The first-order valence-electron chi connectivity index (χ1n) is 8.77. The Hall–Kier alpha value is -1.93. The number of carbonyl (C=O) groups excluding carboxylic acids is 1. The van der Waals surface area contributed by atoms with E-state index in [1.54, 1.807) is 12.1 Å². The molecular weight excluding hydrogens is 346 g/mol. The zero-order valence-corrected chi connectivity index (χ0v) is 14.9. The van der Waals surface area contributed by atoms with Crippen molar-refractivity contribution in [3.05, 3.63) is 23.8 Å². The monoisotopic (exact) mass is 372 g/mol. The summed E-state index contributed by atoms with van der Waals surface area (Å²) in [4.78, 5) is 12.6. The fourth-order valence-electron chi connectivity index (χ4n) is 2.85. The molecule has 0 unspecified atom stereocenters. The Labute approximate surface area is 152 Å². The summed E-state index contributed by atoms with van der Waals surface area (Å²) < 4.78 is 40.7. The molecule has 2 rings (SSSR count). The SMILES string of the molecule is CCCOc1ccc(CNC(=O)C2(CN)CCOCC2)c(OC(F)F)c1. The highest BCUT2D eigenvalue weighted by Gasteiger charge is 2.38. The molecule has 0 spiro atoms. The number of alkyl halides is 2. The van der Waals surface area contributed by atoms with Gasteiger partial charge in [-0.3, -0.25) is 4.79 Å². The van der Waals surface area contributed by atoms with Crippen molar-refractivity contribution in [2.75, 3.05) is 26.4 Å². The predicted molar refractivity (Wildman–Crippen MR) is 92.2 cm³/mol. The maximum atomic E-state index is 12.7. The minimum Gasteiger partial charge on any atom is -0.493 e. The first-order chi connectivity index (χ1) is 12.5. The van der Waals surface area contributed by atoms with Crippen LogP contribution >= 0.6 is 0 Å². The second-order valence-corrected chi connectivity index (χ2v) is 6.28. The summed E-state index contributed by atoms with van der Waals surface area (Å²) in [6, 6.07) is 4.70. The van der Waals surface area contributed by atoms with Gasteiger partial charge in [-0.25, -0.2) is 0 Å². The average molecular weight is 372 g/mol. The summed E-state index contributed by atoms with van der Waals surface area (Å²) in [5, 5.41) is 2.80. The van der Waals surface area contributed by atoms with Crippen molar-refractivity contribution in [3.63, 3.8) is 0 Å². The van der Waals surface area contributed by atoms with Gasteiger partial charge in [0, 0.05) is 37.9 Å². The molecule has 0 aromatic heterocycles. The van der Waals surface area contributed by atoms with Gasteiger partial charge in [-0.2, -0.15) is 8.78 Å². The third-order valence-electron chi connectivity index (χ3n) is 4.49. The molecule has 0 bridgehead atoms. The Morgan fingerprint density at radius 2 is 2.12 bits per heavy atom. The highest BCUT2D eigenvalue weighted by atomic mass is 19.3. The van der Waals surface area contributed by atoms with E-state index in [0.717, 1.165) is 6.42 Å². The van der Waals surface area contributed by atoms with Gasteiger partial charge >= 0.3 is 6.61 Å². The largest absolute Gasteiger partial charge is 0.493 e. The zero-order valence-electron chi connectivity index (χ0n) is 14.9. The lowest BCUT2D eigenvalue weighted by atomic mass is 9.79. The summed E-state index contributed by atoms with van der Waals surface area (Å²) in [6.45, 7) is 0.706. The smallest absolute Gasteiger partial charge is 0.387 e. The molecule has 0 atom stereocenters. The van der Waals surface area contributed by atoms with Crippen molar-refractivity contribution in [2.45, 2.75) is 39.3 Å². The Morgan fingerprint density at radius 1 is 1.38 bits per heavy atom. The van der Waals surface area contributed by atoms with Gasteiger partial charge < -0.3 is 25.3 Å². The normalized spacial score (nSPS) is 16.3. The summed E-state index contributed by atoms with van der Waals surface area (Å²) in [7, 11) is 0. The molecule has 0 radical (unpaired) electrons. The van der Waals surface area contributed by atoms with E-state index in [-0.39, 0.29) is 24.7 Å². The topological polar surface area (TPSA) is 82.8 Å². The van der Waals surface area contributed by atoms with Crippen LogP contribution in [-0.4, -0.2) is 38.9 Å². The number of hydrogen-bond acceptors (Lipinski definition) is 5. The quantitative estimate of drug-likeness (QED) is 0.696. The van der Waals surface area contributed by atoms with Crippen LogP contribution < -0.4 is 20.5 Å². The molecule has 1 aromatic rings. The lowest BCUT2D eigenvalue weighted by Gasteiger charge is -2.34. The van der Waals surface area contributed by atoms with E-state index in [9.17, 15) is 13.6 Å². The molecule has 1 heterocycles. The number of benzene rings is 1. The van der Waals surface area contributed by atoms with Crippen molar-refractivity contribution in [3.8, 4) is 11.5 Å². The van der Waals surface area contributed by atoms with Gasteiger partial charge in [0.2, 0.25) is 5.91 Å². The molecule has 1 aliphatic heterocycles. The molecule has 146 valence electrons. The van der Waals surface area contributed by atoms with Crippen molar-refractivity contribution in [1.29, 1.82) is 0 Å². The first-order valence-corrected chi connectivity index (χ1v) is 8.77. The number of nitrogens with two attached hydrogens (primary N) is 1. The zero-order chi connectivity index (χ0) is 19.0. The van der Waals surface area contributed by atoms with Crippen molar-refractivity contribution in [2.24, 2.45) is 11.1 Å². The van der Waals surface area contributed by atoms with Crippen LogP contribution in [0.3, 0.4) is 0 Å². The van der Waals surface area contributed by atoms with E-state index >= 15 is 0 Å². The lowest BCUT2D eigenvalue weighted by molar-refractivity contribution is -0.136. The molecule has 1 aromatic carbocycles. The van der Waals surface area contributed by atoms with Crippen LogP contribution in [0.1, 0.15) is 31.7 Å². The number of hydrogen-bond donors (Lipinski definition) is 2. The standard InChI is InChI=1S/C18H26F2N2O4/c1-2-7-25-14-4-3-13(15(10-14)26-17(19)20)11-22-16(23)18(12-21)5-8-24-9-6-18/h3-4,10,17H,2,5-9,11-12,21H2,1H3,(H,22,23). The van der Waals surface area contributed by atoms with Crippen LogP contribution in [-0.2, 0) is 16.1 Å². The maximum absolute atomic E-state index is 12.7. The Kier molecular flexibility index (Phi) is 7.59. The molecular formula is C18H26F2N2O4. The second-order valence-electron chi connectivity index (χ2n) is 6.28. The van der Waals surface area contributed by atoms with Gasteiger partial charge in [-0.1, -0.05) is 6.92 Å². The number of ether oxygens (including phenoxy) is 3. The third kappa shape index (κ3) is 5.28. The van der Waals surface area contributed by atoms with Crippen molar-refractivity contribution >= 4 is 5.91 Å². The highest BCUT2D eigenvalue weighted by Crippen LogP contribution is 2.31. The van der Waals surface area contributed by atoms with Crippen molar-refractivity contribution in [1.82, 2.24) is 5.32 Å². The average Bonchev–Trinajstić information content (AvgIpc) is 2.65. The van der Waals surface area contributed by atoms with Crippen LogP contribution in [0.5, 0.6) is 11.5 Å². The summed E-state index contributed by atoms with van der Waals surface area (Å²) >= 11 is 0. The van der Waals surface area contributed by atoms with Crippen LogP contribution in [0.2, 0.25) is 0 Å². The fraction of sp³-hybridized carbons (Fsp3) is 0.611.